The molecule has 3 nitrogen and oxygen atoms in total. The lowest BCUT2D eigenvalue weighted by Crippen LogP contribution is -2.04. The first kappa shape index (κ1) is 5.32. The van der Waals surface area contributed by atoms with Crippen molar-refractivity contribution in [1.82, 2.24) is 15.1 Å². The maximum absolute atomic E-state index is 7.54. The van der Waals surface area contributed by atoms with Crippen molar-refractivity contribution in [1.29, 1.82) is 0 Å². The minimum Gasteiger partial charge on any atom is -0.316 e. The number of nitrogens with zero attached hydrogens (tertiary/aromatic N) is 2. The highest BCUT2D eigenvalue weighted by Crippen LogP contribution is 2.12. The Bertz CT molecular complexity index is 284. The second-order valence-electron chi connectivity index (χ2n) is 1.88. The zero-order chi connectivity index (χ0) is 9.35. The monoisotopic (exact) mass is 205 g/mol. The van der Waals surface area contributed by atoms with Crippen LogP contribution in [0.5, 0.6) is 0 Å². The Balaban J connectivity index is 3.09. The van der Waals surface area contributed by atoms with E-state index in [1.807, 2.05) is 0 Å². The van der Waals surface area contributed by atoms with Crippen LogP contribution in [0.15, 0.2) is 10.8 Å². The van der Waals surface area contributed by atoms with Gasteiger partial charge in [-0.3, -0.25) is 4.68 Å². The molecule has 0 spiro atoms. The van der Waals surface area contributed by atoms with E-state index in [9.17, 15) is 0 Å². The maximum atomic E-state index is 7.54. The fourth-order valence-corrected chi connectivity index (χ4v) is 1.13. The molecule has 0 aromatic carbocycles. The Morgan fingerprint density at radius 3 is 3.10 bits per heavy atom. The van der Waals surface area contributed by atoms with Gasteiger partial charge in [-0.15, -0.1) is 0 Å². The van der Waals surface area contributed by atoms with Crippen molar-refractivity contribution < 1.29 is 2.74 Å². The third-order valence-electron chi connectivity index (χ3n) is 1.04. The van der Waals surface area contributed by atoms with Crippen LogP contribution in [-0.2, 0) is 13.5 Å². The molecule has 1 N–H and O–H groups in total. The van der Waals surface area contributed by atoms with E-state index in [0.29, 0.717) is 10.2 Å². The molecular weight excluding hydrogens is 194 g/mol. The molecule has 0 aliphatic rings. The molecule has 0 atom stereocenters. The van der Waals surface area contributed by atoms with E-state index in [4.69, 9.17) is 2.74 Å². The highest BCUT2D eigenvalue weighted by Gasteiger charge is 2.01. The van der Waals surface area contributed by atoms with Gasteiger partial charge in [-0.05, 0) is 23.0 Å². The molecular formula is C6H10BrN3. The quantitative estimate of drug-likeness (QED) is 0.779. The summed E-state index contributed by atoms with van der Waals surface area (Å²) >= 11 is 3.18. The third-order valence-corrected chi connectivity index (χ3v) is 1.63. The van der Waals surface area contributed by atoms with Crippen LogP contribution in [0.4, 0.5) is 0 Å². The van der Waals surface area contributed by atoms with Gasteiger partial charge in [-0.2, -0.15) is 5.10 Å². The Kier molecular flexibility index (Phi) is 1.68. The van der Waals surface area contributed by atoms with Gasteiger partial charge in [0.1, 0.15) is 4.60 Å². The molecule has 1 rings (SSSR count). The smallest absolute Gasteiger partial charge is 0.132 e. The normalized spacial score (nSPS) is 14.7. The molecule has 0 amide bonds. The Hall–Kier alpha value is -0.350. The van der Waals surface area contributed by atoms with Gasteiger partial charge in [0.25, 0.3) is 0 Å². The maximum Gasteiger partial charge on any atom is 0.132 e. The van der Waals surface area contributed by atoms with Crippen molar-refractivity contribution in [3.8, 4) is 0 Å². The molecule has 10 heavy (non-hydrogen) atoms. The van der Waals surface area contributed by atoms with Gasteiger partial charge in [0.15, 0.2) is 0 Å². The molecule has 0 bridgehead atoms. The fourth-order valence-electron chi connectivity index (χ4n) is 0.680. The summed E-state index contributed by atoms with van der Waals surface area (Å²) in [5.41, 5.74) is 0.507. The standard InChI is InChI=1S/C6H10BrN3/c1-8-3-5-4-10(2)9-6(5)7/h4,8H,3H2,1-2H3/i3D2. The second kappa shape index (κ2) is 3.16. The molecule has 0 aliphatic heterocycles. The lowest BCUT2D eigenvalue weighted by molar-refractivity contribution is 0.759. The Labute approximate surface area is 71.4 Å². The fraction of sp³-hybridized carbons (Fsp3) is 0.500. The summed E-state index contributed by atoms with van der Waals surface area (Å²) in [6.07, 6.45) is 1.64. The van der Waals surface area contributed by atoms with E-state index in [1.165, 1.54) is 0 Å². The van der Waals surface area contributed by atoms with Gasteiger partial charge in [0, 0.05) is 28.0 Å². The van der Waals surface area contributed by atoms with Crippen LogP contribution in [0, 0.1) is 0 Å². The van der Waals surface area contributed by atoms with Crippen molar-refractivity contribution >= 4 is 15.9 Å². The second-order valence-corrected chi connectivity index (χ2v) is 2.63. The highest BCUT2D eigenvalue weighted by atomic mass is 79.9. The number of aromatic nitrogens is 2. The predicted octanol–water partition coefficient (Wildman–Crippen LogP) is 0.902. The average molecular weight is 206 g/mol. The summed E-state index contributed by atoms with van der Waals surface area (Å²) in [6, 6.07) is 0. The molecule has 56 valence electrons. The molecule has 1 heterocycles. The summed E-state index contributed by atoms with van der Waals surface area (Å²) in [7, 11) is 3.32. The lowest BCUT2D eigenvalue weighted by Gasteiger charge is -1.92. The van der Waals surface area contributed by atoms with Gasteiger partial charge >= 0.3 is 0 Å². The largest absolute Gasteiger partial charge is 0.316 e. The predicted molar refractivity (Wildman–Crippen MR) is 43.7 cm³/mol. The van der Waals surface area contributed by atoms with Gasteiger partial charge in [0.2, 0.25) is 0 Å². The van der Waals surface area contributed by atoms with Crippen LogP contribution < -0.4 is 5.32 Å². The van der Waals surface area contributed by atoms with E-state index in [2.05, 4.69) is 26.3 Å². The minimum absolute atomic E-state index is 0.507. The Morgan fingerprint density at radius 2 is 2.70 bits per heavy atom. The first-order valence-corrected chi connectivity index (χ1v) is 3.65. The van der Waals surface area contributed by atoms with Crippen LogP contribution in [0.25, 0.3) is 0 Å². The van der Waals surface area contributed by atoms with Crippen LogP contribution in [0.1, 0.15) is 8.30 Å². The molecule has 4 heteroatoms. The van der Waals surface area contributed by atoms with Crippen LogP contribution >= 0.6 is 15.9 Å². The lowest BCUT2D eigenvalue weighted by atomic mass is 10.4. The van der Waals surface area contributed by atoms with E-state index in [0.717, 1.165) is 0 Å². The van der Waals surface area contributed by atoms with E-state index in [1.54, 1.807) is 25.0 Å². The molecule has 1 aromatic rings. The number of aryl methyl sites for hydroxylation is 1. The summed E-state index contributed by atoms with van der Waals surface area (Å²) < 4.78 is 17.2. The summed E-state index contributed by atoms with van der Waals surface area (Å²) in [5, 5.41) is 6.54. The van der Waals surface area contributed by atoms with Crippen molar-refractivity contribution in [2.45, 2.75) is 6.50 Å². The van der Waals surface area contributed by atoms with E-state index in [-0.39, 0.29) is 0 Å². The minimum atomic E-state index is -1.53. The van der Waals surface area contributed by atoms with Crippen LogP contribution in [0.2, 0.25) is 0 Å². The van der Waals surface area contributed by atoms with Crippen molar-refractivity contribution in [2.24, 2.45) is 7.05 Å². The summed E-state index contributed by atoms with van der Waals surface area (Å²) in [5.74, 6) is 0. The van der Waals surface area contributed by atoms with Gasteiger partial charge in [0.05, 0.1) is 0 Å². The first-order chi connectivity index (χ1) is 5.47. The van der Waals surface area contributed by atoms with Crippen molar-refractivity contribution in [3.63, 3.8) is 0 Å². The van der Waals surface area contributed by atoms with Gasteiger partial charge in [-0.25, -0.2) is 0 Å². The molecule has 0 saturated heterocycles. The summed E-state index contributed by atoms with van der Waals surface area (Å²) in [6.45, 7) is -1.53. The Morgan fingerprint density at radius 1 is 2.00 bits per heavy atom. The van der Waals surface area contributed by atoms with E-state index >= 15 is 0 Å². The van der Waals surface area contributed by atoms with Crippen LogP contribution in [-0.4, -0.2) is 16.8 Å². The zero-order valence-corrected chi connectivity index (χ0v) is 7.44. The number of hydrogen-bond acceptors (Lipinski definition) is 2. The van der Waals surface area contributed by atoms with Gasteiger partial charge in [-0.1, -0.05) is 0 Å². The first-order valence-electron chi connectivity index (χ1n) is 3.86. The SMILES string of the molecule is [2H]C([2H])(NC)c1cn(C)nc1Br. The molecule has 1 aromatic heterocycles. The van der Waals surface area contributed by atoms with Crippen LogP contribution in [0.3, 0.4) is 0 Å². The number of halogens is 1. The van der Waals surface area contributed by atoms with E-state index < -0.39 is 6.50 Å². The van der Waals surface area contributed by atoms with Crippen molar-refractivity contribution in [3.05, 3.63) is 16.4 Å². The molecule has 0 saturated carbocycles. The third kappa shape index (κ3) is 1.58. The molecule has 0 radical (unpaired) electrons. The van der Waals surface area contributed by atoms with Crippen molar-refractivity contribution in [2.75, 3.05) is 7.05 Å². The number of rotatable bonds is 2. The molecule has 0 aliphatic carbocycles. The average Bonchev–Trinajstić information content (AvgIpc) is 2.31. The number of nitrogens with one attached hydrogen (secondary N) is 1. The molecule has 0 fully saturated rings. The number of hydrogen-bond donors (Lipinski definition) is 1. The van der Waals surface area contributed by atoms with Gasteiger partial charge < -0.3 is 5.32 Å². The molecule has 0 unspecified atom stereocenters. The zero-order valence-electron chi connectivity index (χ0n) is 7.85. The highest BCUT2D eigenvalue weighted by molar-refractivity contribution is 9.10. The topological polar surface area (TPSA) is 29.9 Å². The summed E-state index contributed by atoms with van der Waals surface area (Å²) in [4.78, 5) is 0.